The summed E-state index contributed by atoms with van der Waals surface area (Å²) in [5, 5.41) is 0. The summed E-state index contributed by atoms with van der Waals surface area (Å²) in [7, 11) is 0. The molecule has 1 amide bonds. The Morgan fingerprint density at radius 1 is 1.29 bits per heavy atom. The van der Waals surface area contributed by atoms with Gasteiger partial charge in [-0.15, -0.1) is 0 Å². The number of carbonyl (C=O) groups is 2. The molecule has 0 aliphatic carbocycles. The highest BCUT2D eigenvalue weighted by atomic mass is 19.2. The number of ketones is 1. The number of likely N-dealkylation sites (tertiary alicyclic amines) is 1. The molecule has 0 aromatic heterocycles. The molecule has 2 unspecified atom stereocenters. The minimum atomic E-state index is -1.27. The molecule has 2 rings (SSSR count). The number of hydrogen-bond donors (Lipinski definition) is 1. The zero-order chi connectivity index (χ0) is 17.9. The number of nitrogens with two attached hydrogens (primary N) is 1. The molecule has 0 spiro atoms. The number of rotatable bonds is 4. The highest BCUT2D eigenvalue weighted by molar-refractivity contribution is 5.86. The highest BCUT2D eigenvalue weighted by Gasteiger charge is 2.27. The summed E-state index contributed by atoms with van der Waals surface area (Å²) < 4.78 is 39.8. The third-order valence-corrected chi connectivity index (χ3v) is 4.28. The van der Waals surface area contributed by atoms with E-state index < -0.39 is 23.5 Å². The van der Waals surface area contributed by atoms with Crippen molar-refractivity contribution in [1.82, 2.24) is 4.90 Å². The Labute approximate surface area is 138 Å². The molecular formula is C17H21F3N2O2. The van der Waals surface area contributed by atoms with Crippen molar-refractivity contribution >= 4 is 11.7 Å². The van der Waals surface area contributed by atoms with Crippen molar-refractivity contribution in [2.24, 2.45) is 5.73 Å². The number of Topliss-reactive ketones (excluding diaryl/α,β-unsaturated/α-hetero) is 1. The van der Waals surface area contributed by atoms with E-state index in [9.17, 15) is 22.8 Å². The van der Waals surface area contributed by atoms with Gasteiger partial charge in [-0.2, -0.15) is 0 Å². The second-order valence-corrected chi connectivity index (χ2v) is 6.33. The van der Waals surface area contributed by atoms with Gasteiger partial charge in [-0.1, -0.05) is 0 Å². The summed E-state index contributed by atoms with van der Waals surface area (Å²) in [5.41, 5.74) is 5.80. The SMILES string of the molecule is CC1CCCC(=O)CN1C(=O)CC(N)Cc1cc(F)c(F)cc1F. The molecule has 0 bridgehead atoms. The van der Waals surface area contributed by atoms with Crippen LogP contribution in [0.5, 0.6) is 0 Å². The Kier molecular flexibility index (Phi) is 5.99. The van der Waals surface area contributed by atoms with Crippen LogP contribution >= 0.6 is 0 Å². The van der Waals surface area contributed by atoms with Gasteiger partial charge in [-0.05, 0) is 37.8 Å². The molecule has 132 valence electrons. The van der Waals surface area contributed by atoms with Crippen LogP contribution in [0.1, 0.15) is 38.2 Å². The number of halogens is 3. The van der Waals surface area contributed by atoms with Gasteiger partial charge in [0.05, 0.1) is 6.54 Å². The first-order valence-electron chi connectivity index (χ1n) is 7.98. The Hall–Kier alpha value is -1.89. The molecule has 1 aliphatic heterocycles. The number of benzene rings is 1. The lowest BCUT2D eigenvalue weighted by Crippen LogP contribution is -2.43. The predicted molar refractivity (Wildman–Crippen MR) is 82.6 cm³/mol. The summed E-state index contributed by atoms with van der Waals surface area (Å²) in [6, 6.07) is 0.417. The fraction of sp³-hybridized carbons (Fsp3) is 0.529. The van der Waals surface area contributed by atoms with Crippen LogP contribution in [0.2, 0.25) is 0 Å². The molecule has 7 heteroatoms. The van der Waals surface area contributed by atoms with Crippen LogP contribution < -0.4 is 5.73 Å². The lowest BCUT2D eigenvalue weighted by atomic mass is 10.0. The summed E-state index contributed by atoms with van der Waals surface area (Å²) in [6.45, 7) is 1.93. The van der Waals surface area contributed by atoms with Crippen LogP contribution in [0.25, 0.3) is 0 Å². The first-order valence-corrected chi connectivity index (χ1v) is 7.98. The van der Waals surface area contributed by atoms with E-state index in [0.717, 1.165) is 18.9 Å². The highest BCUT2D eigenvalue weighted by Crippen LogP contribution is 2.18. The Morgan fingerprint density at radius 2 is 1.96 bits per heavy atom. The van der Waals surface area contributed by atoms with E-state index in [-0.39, 0.29) is 42.7 Å². The number of nitrogens with zero attached hydrogens (tertiary/aromatic N) is 1. The van der Waals surface area contributed by atoms with Crippen molar-refractivity contribution in [3.05, 3.63) is 35.1 Å². The summed E-state index contributed by atoms with van der Waals surface area (Å²) >= 11 is 0. The summed E-state index contributed by atoms with van der Waals surface area (Å²) in [6.07, 6.45) is 1.77. The van der Waals surface area contributed by atoms with Crippen molar-refractivity contribution in [2.75, 3.05) is 6.54 Å². The zero-order valence-electron chi connectivity index (χ0n) is 13.5. The molecule has 1 fully saturated rings. The first-order chi connectivity index (χ1) is 11.3. The second-order valence-electron chi connectivity index (χ2n) is 6.33. The Morgan fingerprint density at radius 3 is 2.67 bits per heavy atom. The monoisotopic (exact) mass is 342 g/mol. The average Bonchev–Trinajstić information content (AvgIpc) is 2.66. The van der Waals surface area contributed by atoms with Gasteiger partial charge >= 0.3 is 0 Å². The van der Waals surface area contributed by atoms with Gasteiger partial charge in [0.15, 0.2) is 17.4 Å². The van der Waals surface area contributed by atoms with Crippen molar-refractivity contribution in [1.29, 1.82) is 0 Å². The van der Waals surface area contributed by atoms with Crippen LogP contribution in [0.3, 0.4) is 0 Å². The van der Waals surface area contributed by atoms with Gasteiger partial charge in [0, 0.05) is 31.0 Å². The topological polar surface area (TPSA) is 63.4 Å². The smallest absolute Gasteiger partial charge is 0.224 e. The Bertz CT molecular complexity index is 637. The van der Waals surface area contributed by atoms with E-state index in [1.165, 1.54) is 4.90 Å². The maximum atomic E-state index is 13.6. The third kappa shape index (κ3) is 4.56. The van der Waals surface area contributed by atoms with Gasteiger partial charge in [0.1, 0.15) is 5.82 Å². The molecule has 1 heterocycles. The molecule has 1 aromatic rings. The molecule has 1 saturated heterocycles. The van der Waals surface area contributed by atoms with Crippen LogP contribution in [0, 0.1) is 17.5 Å². The fourth-order valence-electron chi connectivity index (χ4n) is 2.93. The van der Waals surface area contributed by atoms with E-state index >= 15 is 0 Å². The van der Waals surface area contributed by atoms with Gasteiger partial charge in [0.25, 0.3) is 0 Å². The first kappa shape index (κ1) is 18.4. The molecule has 1 aromatic carbocycles. The van der Waals surface area contributed by atoms with E-state index in [4.69, 9.17) is 5.73 Å². The minimum Gasteiger partial charge on any atom is -0.333 e. The molecule has 0 saturated carbocycles. The lowest BCUT2D eigenvalue weighted by molar-refractivity contribution is -0.136. The number of amides is 1. The number of hydrogen-bond acceptors (Lipinski definition) is 3. The minimum absolute atomic E-state index is 0.00733. The van der Waals surface area contributed by atoms with Crippen LogP contribution in [-0.2, 0) is 16.0 Å². The van der Waals surface area contributed by atoms with Crippen LogP contribution in [0.4, 0.5) is 13.2 Å². The third-order valence-electron chi connectivity index (χ3n) is 4.28. The van der Waals surface area contributed by atoms with Crippen LogP contribution in [0.15, 0.2) is 12.1 Å². The average molecular weight is 342 g/mol. The molecule has 24 heavy (non-hydrogen) atoms. The van der Waals surface area contributed by atoms with E-state index in [2.05, 4.69) is 0 Å². The van der Waals surface area contributed by atoms with Gasteiger partial charge in [0.2, 0.25) is 5.91 Å². The standard InChI is InChI=1S/C17H21F3N2O2/c1-10-3-2-4-13(23)9-22(10)17(24)7-12(21)5-11-6-15(19)16(20)8-14(11)18/h6,8,10,12H,2-5,7,9,21H2,1H3. The van der Waals surface area contributed by atoms with Gasteiger partial charge in [-0.25, -0.2) is 13.2 Å². The van der Waals surface area contributed by atoms with Crippen molar-refractivity contribution in [3.63, 3.8) is 0 Å². The van der Waals surface area contributed by atoms with Crippen molar-refractivity contribution in [3.8, 4) is 0 Å². The number of carbonyl (C=O) groups excluding carboxylic acids is 2. The molecule has 2 N–H and O–H groups in total. The summed E-state index contributed by atoms with van der Waals surface area (Å²) in [4.78, 5) is 25.6. The maximum absolute atomic E-state index is 13.6. The van der Waals surface area contributed by atoms with Crippen molar-refractivity contribution in [2.45, 2.75) is 51.1 Å². The van der Waals surface area contributed by atoms with E-state index in [1.807, 2.05) is 6.92 Å². The van der Waals surface area contributed by atoms with Crippen molar-refractivity contribution < 1.29 is 22.8 Å². The van der Waals surface area contributed by atoms with Gasteiger partial charge in [-0.3, -0.25) is 9.59 Å². The largest absolute Gasteiger partial charge is 0.333 e. The molecule has 0 radical (unpaired) electrons. The quantitative estimate of drug-likeness (QED) is 0.854. The lowest BCUT2D eigenvalue weighted by Gasteiger charge is -2.27. The molecule has 1 aliphatic rings. The van der Waals surface area contributed by atoms with E-state index in [0.29, 0.717) is 12.5 Å². The van der Waals surface area contributed by atoms with E-state index in [1.54, 1.807) is 0 Å². The summed E-state index contributed by atoms with van der Waals surface area (Å²) in [5.74, 6) is -3.59. The molecule has 2 atom stereocenters. The molecular weight excluding hydrogens is 321 g/mol. The second kappa shape index (κ2) is 7.79. The van der Waals surface area contributed by atoms with Crippen LogP contribution in [-0.4, -0.2) is 35.2 Å². The normalized spacial score (nSPS) is 20.0. The fourth-order valence-corrected chi connectivity index (χ4v) is 2.93. The molecule has 4 nitrogen and oxygen atoms in total. The maximum Gasteiger partial charge on any atom is 0.224 e. The zero-order valence-corrected chi connectivity index (χ0v) is 13.5. The Balaban J connectivity index is 2.01. The predicted octanol–water partition coefficient (Wildman–Crippen LogP) is 2.33. The van der Waals surface area contributed by atoms with Gasteiger partial charge < -0.3 is 10.6 Å².